The normalized spacial score (nSPS) is 20.6. The van der Waals surface area contributed by atoms with Crippen LogP contribution in [0.5, 0.6) is 0 Å². The number of pyridine rings is 1. The van der Waals surface area contributed by atoms with Crippen molar-refractivity contribution >= 4 is 28.7 Å². The molecule has 2 heterocycles. The lowest BCUT2D eigenvalue weighted by molar-refractivity contribution is -0.160. The van der Waals surface area contributed by atoms with E-state index in [4.69, 9.17) is 10.2 Å². The van der Waals surface area contributed by atoms with Gasteiger partial charge in [0, 0.05) is 35.4 Å². The van der Waals surface area contributed by atoms with Crippen LogP contribution in [-0.2, 0) is 17.6 Å². The number of carboxylic acid groups (broad SMARTS) is 1. The molecule has 4 rings (SSSR count). The Hall–Kier alpha value is -1.57. The zero-order chi connectivity index (χ0) is 19.7. The maximum Gasteiger partial charge on any atom is 0.337 e. The minimum absolute atomic E-state index is 0.131. The summed E-state index contributed by atoms with van der Waals surface area (Å²) in [5.41, 5.74) is 5.31. The van der Waals surface area contributed by atoms with E-state index in [2.05, 4.69) is 4.98 Å². The lowest BCUT2D eigenvalue weighted by Crippen LogP contribution is -2.57. The second kappa shape index (κ2) is 8.05. The number of aliphatic carboxylic acids is 1. The van der Waals surface area contributed by atoms with Crippen LogP contribution >= 0.6 is 11.8 Å². The van der Waals surface area contributed by atoms with Gasteiger partial charge in [0.2, 0.25) is 0 Å². The Balaban J connectivity index is 1.51. The summed E-state index contributed by atoms with van der Waals surface area (Å²) >= 11 is 1.66. The maximum absolute atomic E-state index is 11.9. The van der Waals surface area contributed by atoms with E-state index in [0.717, 1.165) is 42.7 Å². The smallest absolute Gasteiger partial charge is 0.337 e. The van der Waals surface area contributed by atoms with E-state index in [-0.39, 0.29) is 6.42 Å². The Morgan fingerprint density at radius 2 is 2.18 bits per heavy atom. The molecule has 152 valence electrons. The summed E-state index contributed by atoms with van der Waals surface area (Å²) in [6.45, 7) is 0. The summed E-state index contributed by atoms with van der Waals surface area (Å²) in [4.78, 5) is 16.3. The molecule has 0 radical (unpaired) electrons. The van der Waals surface area contributed by atoms with Gasteiger partial charge in [0.25, 0.3) is 0 Å². The highest BCUT2D eigenvalue weighted by Crippen LogP contribution is 2.35. The highest BCUT2D eigenvalue weighted by atomic mass is 32.2. The van der Waals surface area contributed by atoms with Crippen LogP contribution in [0.2, 0.25) is 0 Å². The number of carboxylic acids is 1. The number of fused-ring (bicyclic) bond motifs is 1. The first kappa shape index (κ1) is 19.7. The second-order valence-corrected chi connectivity index (χ2v) is 9.60. The second-order valence-electron chi connectivity index (χ2n) is 8.26. The zero-order valence-corrected chi connectivity index (χ0v) is 16.8. The Morgan fingerprint density at radius 3 is 2.82 bits per heavy atom. The molecule has 28 heavy (non-hydrogen) atoms. The van der Waals surface area contributed by atoms with Gasteiger partial charge >= 0.3 is 5.97 Å². The highest BCUT2D eigenvalue weighted by Gasteiger charge is 2.43. The van der Waals surface area contributed by atoms with E-state index < -0.39 is 17.6 Å². The number of carbonyl (C=O) groups is 1. The fourth-order valence-corrected chi connectivity index (χ4v) is 5.05. The Bertz CT molecular complexity index is 846. The summed E-state index contributed by atoms with van der Waals surface area (Å²) in [5, 5.41) is 22.0. The molecule has 2 fully saturated rings. The molecule has 7 heteroatoms. The van der Waals surface area contributed by atoms with Gasteiger partial charge in [0.15, 0.2) is 5.60 Å². The van der Waals surface area contributed by atoms with Gasteiger partial charge < -0.3 is 20.4 Å². The number of nitrogens with two attached hydrogens (primary N) is 1. The van der Waals surface area contributed by atoms with Crippen molar-refractivity contribution in [2.75, 3.05) is 5.75 Å². The lowest BCUT2D eigenvalue weighted by atomic mass is 9.89. The average molecular weight is 405 g/mol. The third-order valence-corrected chi connectivity index (χ3v) is 7.55. The quantitative estimate of drug-likeness (QED) is 0.558. The first-order chi connectivity index (χ1) is 13.5. The first-order valence-electron chi connectivity index (χ1n) is 10.1. The van der Waals surface area contributed by atoms with E-state index in [1.165, 1.54) is 19.3 Å². The van der Waals surface area contributed by atoms with Crippen LogP contribution in [0.15, 0.2) is 22.7 Å². The molecule has 0 bridgehead atoms. The van der Waals surface area contributed by atoms with Crippen molar-refractivity contribution in [3.63, 3.8) is 0 Å². The third kappa shape index (κ3) is 4.21. The van der Waals surface area contributed by atoms with Gasteiger partial charge in [-0.3, -0.25) is 4.98 Å². The minimum atomic E-state index is -2.05. The molecule has 2 aliphatic rings. The number of aliphatic hydroxyl groups is 1. The van der Waals surface area contributed by atoms with Crippen LogP contribution in [0.4, 0.5) is 0 Å². The topological polar surface area (TPSA) is 110 Å². The van der Waals surface area contributed by atoms with Crippen LogP contribution in [0.3, 0.4) is 0 Å². The first-order valence-corrected chi connectivity index (χ1v) is 11.2. The molecule has 4 N–H and O–H groups in total. The Kier molecular flexibility index (Phi) is 5.67. The van der Waals surface area contributed by atoms with Crippen molar-refractivity contribution in [1.82, 2.24) is 4.98 Å². The fourth-order valence-electron chi connectivity index (χ4n) is 3.62. The largest absolute Gasteiger partial charge is 0.479 e. The molecule has 2 aromatic rings. The number of hydrogen-bond donors (Lipinski definition) is 3. The summed E-state index contributed by atoms with van der Waals surface area (Å²) in [6, 6.07) is 2.86. The van der Waals surface area contributed by atoms with Gasteiger partial charge in [-0.2, -0.15) is 11.8 Å². The minimum Gasteiger partial charge on any atom is -0.479 e. The molecule has 2 atom stereocenters. The van der Waals surface area contributed by atoms with Crippen molar-refractivity contribution in [3.8, 4) is 0 Å². The number of thioether (sulfide) groups is 1. The molecular formula is C21H28N2O4S. The fraction of sp³-hybridized carbons (Fsp3) is 0.619. The molecule has 0 saturated heterocycles. The Morgan fingerprint density at radius 1 is 1.39 bits per heavy atom. The van der Waals surface area contributed by atoms with Crippen LogP contribution < -0.4 is 5.73 Å². The molecule has 0 aliphatic heterocycles. The third-order valence-electron chi connectivity index (χ3n) is 6.06. The number of aromatic nitrogens is 1. The molecule has 6 nitrogen and oxygen atoms in total. The van der Waals surface area contributed by atoms with Gasteiger partial charge in [-0.15, -0.1) is 0 Å². The van der Waals surface area contributed by atoms with Crippen LogP contribution in [0.25, 0.3) is 11.0 Å². The predicted octanol–water partition coefficient (Wildman–Crippen LogP) is 3.14. The molecular weight excluding hydrogens is 376 g/mol. The van der Waals surface area contributed by atoms with E-state index in [9.17, 15) is 15.0 Å². The summed E-state index contributed by atoms with van der Waals surface area (Å²) < 4.78 is 5.92. The monoisotopic (exact) mass is 404 g/mol. The van der Waals surface area contributed by atoms with Crippen LogP contribution in [-0.4, -0.2) is 43.8 Å². The number of aryl methyl sites for hydroxylation is 1. The van der Waals surface area contributed by atoms with Crippen molar-refractivity contribution in [1.29, 1.82) is 0 Å². The molecule has 0 unspecified atom stereocenters. The molecule has 0 amide bonds. The molecule has 0 aromatic carbocycles. The lowest BCUT2D eigenvalue weighted by Gasteiger charge is -2.32. The number of nitrogens with zero attached hydrogens (tertiary/aromatic N) is 1. The van der Waals surface area contributed by atoms with E-state index in [0.29, 0.717) is 22.3 Å². The average Bonchev–Trinajstić information content (AvgIpc) is 3.36. The van der Waals surface area contributed by atoms with Gasteiger partial charge in [0.05, 0.1) is 11.7 Å². The number of rotatable bonds is 10. The van der Waals surface area contributed by atoms with Crippen molar-refractivity contribution in [2.24, 2.45) is 11.7 Å². The van der Waals surface area contributed by atoms with E-state index >= 15 is 0 Å². The maximum atomic E-state index is 11.9. The number of hydrogen-bond acceptors (Lipinski definition) is 6. The summed E-state index contributed by atoms with van der Waals surface area (Å²) in [6.07, 6.45) is 9.56. The van der Waals surface area contributed by atoms with Gasteiger partial charge in [-0.1, -0.05) is 19.3 Å². The molecule has 2 saturated carbocycles. The van der Waals surface area contributed by atoms with Gasteiger partial charge in [-0.25, -0.2) is 4.79 Å². The molecule has 2 aliphatic carbocycles. The zero-order valence-electron chi connectivity index (χ0n) is 16.0. The number of furan rings is 1. The van der Waals surface area contributed by atoms with Gasteiger partial charge in [-0.05, 0) is 37.3 Å². The molecule has 2 aromatic heterocycles. The Labute approximate surface area is 168 Å². The van der Waals surface area contributed by atoms with Crippen LogP contribution in [0, 0.1) is 5.92 Å². The summed E-state index contributed by atoms with van der Waals surface area (Å²) in [7, 11) is 0. The highest BCUT2D eigenvalue weighted by molar-refractivity contribution is 8.00. The van der Waals surface area contributed by atoms with Crippen molar-refractivity contribution in [3.05, 3.63) is 29.8 Å². The van der Waals surface area contributed by atoms with Crippen molar-refractivity contribution < 1.29 is 19.4 Å². The van der Waals surface area contributed by atoms with Crippen molar-refractivity contribution in [2.45, 2.75) is 68.3 Å². The van der Waals surface area contributed by atoms with Gasteiger partial charge in [0.1, 0.15) is 11.3 Å². The standard InChI is InChI=1S/C21H28N2O4S/c22-19(12-28-15-2-1-3-15)21(26,20(24)25)11-17-16-10-14(7-6-13-4-5-13)27-18(16)8-9-23-17/h8-10,13,15,19,26H,1-7,11-12,22H2,(H,24,25)/t19-,21+/m0/s1. The van der Waals surface area contributed by atoms with E-state index in [1.807, 2.05) is 6.07 Å². The van der Waals surface area contributed by atoms with Crippen LogP contribution in [0.1, 0.15) is 50.0 Å². The SMILES string of the molecule is N[C@@H](CSC1CCC1)[C@](O)(Cc1nccc2oc(CCC3CC3)cc12)C(=O)O. The molecule has 0 spiro atoms. The predicted molar refractivity (Wildman–Crippen MR) is 109 cm³/mol. The van der Waals surface area contributed by atoms with E-state index in [1.54, 1.807) is 24.0 Å². The summed E-state index contributed by atoms with van der Waals surface area (Å²) in [5.74, 6) is 0.820.